The number of benzene rings is 1. The van der Waals surface area contributed by atoms with Gasteiger partial charge in [-0.3, -0.25) is 4.79 Å². The Bertz CT molecular complexity index is 481. The van der Waals surface area contributed by atoms with E-state index in [1.165, 1.54) is 31.0 Å². The molecule has 0 radical (unpaired) electrons. The lowest BCUT2D eigenvalue weighted by molar-refractivity contribution is 0.0655. The Morgan fingerprint density at radius 2 is 2.05 bits per heavy atom. The highest BCUT2D eigenvalue weighted by atomic mass is 19.1. The molecule has 2 rings (SSSR count). The summed E-state index contributed by atoms with van der Waals surface area (Å²) in [5.74, 6) is -0.0903. The maximum absolute atomic E-state index is 13.2. The Morgan fingerprint density at radius 3 is 2.60 bits per heavy atom. The Hall–Kier alpha value is -1.58. The van der Waals surface area contributed by atoms with Crippen molar-refractivity contribution < 1.29 is 9.18 Å². The van der Waals surface area contributed by atoms with Crippen molar-refractivity contribution in [2.45, 2.75) is 45.6 Å². The van der Waals surface area contributed by atoms with Crippen molar-refractivity contribution >= 4 is 11.6 Å². The molecule has 1 aliphatic rings. The van der Waals surface area contributed by atoms with E-state index >= 15 is 0 Å². The van der Waals surface area contributed by atoms with Gasteiger partial charge in [0, 0.05) is 18.2 Å². The quantitative estimate of drug-likeness (QED) is 0.857. The van der Waals surface area contributed by atoms with Crippen molar-refractivity contribution in [1.29, 1.82) is 0 Å². The predicted octanol–water partition coefficient (Wildman–Crippen LogP) is 3.45. The van der Waals surface area contributed by atoms with Gasteiger partial charge in [0.2, 0.25) is 0 Å². The number of anilines is 1. The van der Waals surface area contributed by atoms with Crippen molar-refractivity contribution in [1.82, 2.24) is 4.90 Å². The second-order valence-corrected chi connectivity index (χ2v) is 6.03. The number of carbonyl (C=O) groups is 1. The highest BCUT2D eigenvalue weighted by molar-refractivity contribution is 5.95. The summed E-state index contributed by atoms with van der Waals surface area (Å²) in [4.78, 5) is 14.6. The zero-order chi connectivity index (χ0) is 14.7. The highest BCUT2D eigenvalue weighted by Crippen LogP contribution is 2.26. The van der Waals surface area contributed by atoms with Crippen LogP contribution in [-0.2, 0) is 0 Å². The number of hydrogen-bond acceptors (Lipinski definition) is 2. The lowest BCUT2D eigenvalue weighted by Crippen LogP contribution is -2.41. The third kappa shape index (κ3) is 3.30. The highest BCUT2D eigenvalue weighted by Gasteiger charge is 2.28. The van der Waals surface area contributed by atoms with Crippen LogP contribution in [0.3, 0.4) is 0 Å². The van der Waals surface area contributed by atoms with Gasteiger partial charge in [-0.2, -0.15) is 0 Å². The van der Waals surface area contributed by atoms with Crippen LogP contribution < -0.4 is 5.73 Å². The summed E-state index contributed by atoms with van der Waals surface area (Å²) in [5, 5.41) is 0. The molecule has 3 nitrogen and oxygen atoms in total. The number of halogens is 1. The van der Waals surface area contributed by atoms with E-state index in [4.69, 9.17) is 5.73 Å². The molecule has 20 heavy (non-hydrogen) atoms. The van der Waals surface area contributed by atoms with E-state index in [9.17, 15) is 9.18 Å². The standard InChI is InChI=1S/C16H23FN2O/c1-11(2)10-19(13-5-3-4-6-13)16(20)12-7-8-14(17)15(18)9-12/h7-9,11,13H,3-6,10,18H2,1-2H3. The van der Waals surface area contributed by atoms with Crippen molar-refractivity contribution in [2.24, 2.45) is 5.92 Å². The van der Waals surface area contributed by atoms with Gasteiger partial charge in [0.15, 0.2) is 0 Å². The molecule has 4 heteroatoms. The summed E-state index contributed by atoms with van der Waals surface area (Å²) in [6.07, 6.45) is 4.49. The van der Waals surface area contributed by atoms with E-state index < -0.39 is 5.82 Å². The maximum Gasteiger partial charge on any atom is 0.254 e. The van der Waals surface area contributed by atoms with Crippen LogP contribution >= 0.6 is 0 Å². The molecule has 0 bridgehead atoms. The Kier molecular flexibility index (Phi) is 4.63. The number of hydrogen-bond donors (Lipinski definition) is 1. The van der Waals surface area contributed by atoms with Crippen LogP contribution in [0.5, 0.6) is 0 Å². The Labute approximate surface area is 120 Å². The van der Waals surface area contributed by atoms with E-state index in [1.54, 1.807) is 0 Å². The van der Waals surface area contributed by atoms with Crippen molar-refractivity contribution in [3.63, 3.8) is 0 Å². The number of nitrogen functional groups attached to an aromatic ring is 1. The van der Waals surface area contributed by atoms with E-state index in [-0.39, 0.29) is 11.6 Å². The third-order valence-electron chi connectivity index (χ3n) is 3.83. The van der Waals surface area contributed by atoms with Gasteiger partial charge in [0.25, 0.3) is 5.91 Å². The van der Waals surface area contributed by atoms with Gasteiger partial charge in [0.05, 0.1) is 5.69 Å². The number of rotatable bonds is 4. The molecule has 0 saturated heterocycles. The minimum absolute atomic E-state index is 0.0303. The maximum atomic E-state index is 13.2. The predicted molar refractivity (Wildman–Crippen MR) is 78.9 cm³/mol. The van der Waals surface area contributed by atoms with Crippen molar-refractivity contribution in [3.05, 3.63) is 29.6 Å². The first-order valence-electron chi connectivity index (χ1n) is 7.35. The Balaban J connectivity index is 2.22. The monoisotopic (exact) mass is 278 g/mol. The van der Waals surface area contributed by atoms with Crippen LogP contribution in [0.2, 0.25) is 0 Å². The van der Waals surface area contributed by atoms with E-state index in [0.29, 0.717) is 17.5 Å². The van der Waals surface area contributed by atoms with Crippen molar-refractivity contribution in [3.8, 4) is 0 Å². The van der Waals surface area contributed by atoms with Crippen molar-refractivity contribution in [2.75, 3.05) is 12.3 Å². The van der Waals surface area contributed by atoms with Crippen LogP contribution in [0.25, 0.3) is 0 Å². The molecule has 1 fully saturated rings. The van der Waals surface area contributed by atoms with Crippen LogP contribution in [0.15, 0.2) is 18.2 Å². The summed E-state index contributed by atoms with van der Waals surface area (Å²) in [7, 11) is 0. The van der Waals surface area contributed by atoms with Gasteiger partial charge < -0.3 is 10.6 Å². The molecular formula is C16H23FN2O. The number of amides is 1. The van der Waals surface area contributed by atoms with Crippen LogP contribution in [-0.4, -0.2) is 23.4 Å². The molecule has 0 heterocycles. The molecule has 0 aromatic heterocycles. The van der Waals surface area contributed by atoms with Gasteiger partial charge in [0.1, 0.15) is 5.82 Å². The summed E-state index contributed by atoms with van der Waals surface area (Å²) < 4.78 is 13.2. The normalized spacial score (nSPS) is 15.8. The zero-order valence-electron chi connectivity index (χ0n) is 12.2. The molecule has 1 amide bonds. The zero-order valence-corrected chi connectivity index (χ0v) is 12.2. The second-order valence-electron chi connectivity index (χ2n) is 6.03. The van der Waals surface area contributed by atoms with E-state index in [2.05, 4.69) is 13.8 Å². The molecule has 1 aromatic rings. The summed E-state index contributed by atoms with van der Waals surface area (Å²) in [6.45, 7) is 4.95. The van der Waals surface area contributed by atoms with Crippen LogP contribution in [0.1, 0.15) is 49.9 Å². The first-order chi connectivity index (χ1) is 9.49. The van der Waals surface area contributed by atoms with Crippen LogP contribution in [0.4, 0.5) is 10.1 Å². The molecule has 0 atom stereocenters. The van der Waals surface area contributed by atoms with Gasteiger partial charge in [-0.1, -0.05) is 26.7 Å². The van der Waals surface area contributed by atoms with E-state index in [1.807, 2.05) is 4.90 Å². The van der Waals surface area contributed by atoms with Gasteiger partial charge >= 0.3 is 0 Å². The molecule has 0 spiro atoms. The Morgan fingerprint density at radius 1 is 1.40 bits per heavy atom. The molecule has 0 unspecified atom stereocenters. The minimum atomic E-state index is -0.474. The average molecular weight is 278 g/mol. The fraction of sp³-hybridized carbons (Fsp3) is 0.562. The lowest BCUT2D eigenvalue weighted by Gasteiger charge is -2.30. The number of nitrogens with two attached hydrogens (primary N) is 1. The fourth-order valence-corrected chi connectivity index (χ4v) is 2.85. The summed E-state index contributed by atoms with van der Waals surface area (Å²) in [5.41, 5.74) is 6.08. The molecule has 1 aromatic carbocycles. The minimum Gasteiger partial charge on any atom is -0.396 e. The van der Waals surface area contributed by atoms with Gasteiger partial charge in [-0.05, 0) is 37.0 Å². The fourth-order valence-electron chi connectivity index (χ4n) is 2.85. The first kappa shape index (κ1) is 14.8. The molecule has 1 aliphatic carbocycles. The third-order valence-corrected chi connectivity index (χ3v) is 3.83. The topological polar surface area (TPSA) is 46.3 Å². The van der Waals surface area contributed by atoms with Gasteiger partial charge in [-0.15, -0.1) is 0 Å². The average Bonchev–Trinajstić information content (AvgIpc) is 2.92. The van der Waals surface area contributed by atoms with Gasteiger partial charge in [-0.25, -0.2) is 4.39 Å². The second kappa shape index (κ2) is 6.25. The SMILES string of the molecule is CC(C)CN(C(=O)c1ccc(F)c(N)c1)C1CCCC1. The molecule has 0 aliphatic heterocycles. The first-order valence-corrected chi connectivity index (χ1v) is 7.35. The summed E-state index contributed by atoms with van der Waals surface area (Å²) in [6, 6.07) is 4.55. The van der Waals surface area contributed by atoms with E-state index in [0.717, 1.165) is 19.4 Å². The largest absolute Gasteiger partial charge is 0.396 e. The molecular weight excluding hydrogens is 255 g/mol. The summed E-state index contributed by atoms with van der Waals surface area (Å²) >= 11 is 0. The lowest BCUT2D eigenvalue weighted by atomic mass is 10.1. The smallest absolute Gasteiger partial charge is 0.254 e. The number of carbonyl (C=O) groups excluding carboxylic acids is 1. The van der Waals surface area contributed by atoms with Crippen LogP contribution in [0, 0.1) is 11.7 Å². The molecule has 2 N–H and O–H groups in total. The number of nitrogens with zero attached hydrogens (tertiary/aromatic N) is 1. The molecule has 1 saturated carbocycles. The molecule has 110 valence electrons.